The van der Waals surface area contributed by atoms with Crippen LogP contribution in [-0.4, -0.2) is 23.8 Å². The highest BCUT2D eigenvalue weighted by atomic mass is 15.0. The predicted molar refractivity (Wildman–Crippen MR) is 214 cm³/mol. The van der Waals surface area contributed by atoms with Gasteiger partial charge in [0.1, 0.15) is 0 Å². The van der Waals surface area contributed by atoms with Crippen molar-refractivity contribution < 1.29 is 0 Å². The zero-order chi connectivity index (χ0) is 33.9. The molecule has 0 aliphatic heterocycles. The molecule has 0 aliphatic rings. The number of hydrogen-bond donors (Lipinski definition) is 0. The van der Waals surface area contributed by atoms with E-state index in [-0.39, 0.29) is 0 Å². The van der Waals surface area contributed by atoms with Crippen LogP contribution in [0.1, 0.15) is 0 Å². The number of hydrogen-bond acceptors (Lipinski definition) is 3. The molecule has 0 bridgehead atoms. The molecule has 52 heavy (non-hydrogen) atoms. The molecular formula is C47H27N5. The summed E-state index contributed by atoms with van der Waals surface area (Å²) in [5.74, 6) is 1.95. The zero-order valence-corrected chi connectivity index (χ0v) is 27.8. The lowest BCUT2D eigenvalue weighted by Crippen LogP contribution is -2.01. The summed E-state index contributed by atoms with van der Waals surface area (Å²) in [5, 5.41) is 9.56. The molecule has 0 unspecified atom stereocenters. The maximum absolute atomic E-state index is 5.25. The summed E-state index contributed by atoms with van der Waals surface area (Å²) in [6, 6.07) is 58.3. The second kappa shape index (κ2) is 10.2. The smallest absolute Gasteiger partial charge is 0.164 e. The molecule has 12 rings (SSSR count). The third-order valence-electron chi connectivity index (χ3n) is 10.8. The van der Waals surface area contributed by atoms with Gasteiger partial charge < -0.3 is 8.80 Å². The summed E-state index contributed by atoms with van der Waals surface area (Å²) < 4.78 is 4.99. The molecule has 5 nitrogen and oxygen atoms in total. The van der Waals surface area contributed by atoms with E-state index in [9.17, 15) is 0 Å². The Hall–Kier alpha value is -7.11. The first-order valence-electron chi connectivity index (χ1n) is 17.6. The van der Waals surface area contributed by atoms with Gasteiger partial charge in [0.2, 0.25) is 0 Å². The first-order valence-corrected chi connectivity index (χ1v) is 17.6. The average Bonchev–Trinajstić information content (AvgIpc) is 3.73. The summed E-state index contributed by atoms with van der Waals surface area (Å²) in [7, 11) is 0. The van der Waals surface area contributed by atoms with Crippen LogP contribution in [-0.2, 0) is 0 Å². The zero-order valence-electron chi connectivity index (χ0n) is 27.8. The maximum Gasteiger partial charge on any atom is 0.164 e. The minimum absolute atomic E-state index is 0.651. The van der Waals surface area contributed by atoms with Gasteiger partial charge in [-0.2, -0.15) is 0 Å². The first kappa shape index (κ1) is 27.7. The number of para-hydroxylation sites is 3. The highest BCUT2D eigenvalue weighted by Crippen LogP contribution is 2.46. The Morgan fingerprint density at radius 1 is 0.327 bits per heavy atom. The molecule has 0 radical (unpaired) electrons. The second-order valence-corrected chi connectivity index (χ2v) is 13.6. The number of rotatable bonds is 3. The molecule has 240 valence electrons. The van der Waals surface area contributed by atoms with Crippen molar-refractivity contribution in [3.8, 4) is 34.2 Å². The number of nitrogens with zero attached hydrogens (tertiary/aromatic N) is 5. The van der Waals surface area contributed by atoms with Gasteiger partial charge in [0, 0.05) is 49.0 Å². The van der Waals surface area contributed by atoms with Gasteiger partial charge in [-0.25, -0.2) is 15.0 Å². The highest BCUT2D eigenvalue weighted by Gasteiger charge is 2.24. The summed E-state index contributed by atoms with van der Waals surface area (Å²) in [6.45, 7) is 0. The molecule has 0 atom stereocenters. The van der Waals surface area contributed by atoms with Gasteiger partial charge in [-0.15, -0.1) is 0 Å². The van der Waals surface area contributed by atoms with Crippen LogP contribution in [0.4, 0.5) is 0 Å². The van der Waals surface area contributed by atoms with Crippen molar-refractivity contribution in [3.63, 3.8) is 0 Å². The Balaban J connectivity index is 1.35. The predicted octanol–water partition coefficient (Wildman–Crippen LogP) is 11.7. The molecule has 0 N–H and O–H groups in total. The van der Waals surface area contributed by atoms with Crippen molar-refractivity contribution >= 4 is 76.2 Å². The fraction of sp³-hybridized carbons (Fsp3) is 0. The van der Waals surface area contributed by atoms with Crippen LogP contribution in [0.2, 0.25) is 0 Å². The van der Waals surface area contributed by atoms with E-state index in [0.29, 0.717) is 17.5 Å². The fourth-order valence-electron chi connectivity index (χ4n) is 8.69. The lowest BCUT2D eigenvalue weighted by atomic mass is 9.94. The first-order chi connectivity index (χ1) is 25.8. The maximum atomic E-state index is 5.25. The molecule has 0 amide bonds. The molecule has 4 aromatic heterocycles. The van der Waals surface area contributed by atoms with E-state index < -0.39 is 0 Å². The summed E-state index contributed by atoms with van der Waals surface area (Å²) in [6.07, 6.45) is 0. The van der Waals surface area contributed by atoms with Crippen molar-refractivity contribution in [2.45, 2.75) is 0 Å². The van der Waals surface area contributed by atoms with E-state index in [1.165, 1.54) is 70.8 Å². The van der Waals surface area contributed by atoms with Crippen molar-refractivity contribution in [3.05, 3.63) is 164 Å². The monoisotopic (exact) mass is 661 g/mol. The Kier molecular flexibility index (Phi) is 5.44. The van der Waals surface area contributed by atoms with E-state index in [1.54, 1.807) is 0 Å². The minimum Gasteiger partial charge on any atom is -0.307 e. The number of aromatic nitrogens is 5. The van der Waals surface area contributed by atoms with Gasteiger partial charge in [0.15, 0.2) is 17.5 Å². The van der Waals surface area contributed by atoms with Gasteiger partial charge in [-0.05, 0) is 41.1 Å². The molecular weight excluding hydrogens is 635 g/mol. The number of benzene rings is 8. The van der Waals surface area contributed by atoms with E-state index in [2.05, 4.69) is 136 Å². The summed E-state index contributed by atoms with van der Waals surface area (Å²) in [5.41, 5.74) is 9.99. The van der Waals surface area contributed by atoms with Crippen molar-refractivity contribution in [2.75, 3.05) is 0 Å². The van der Waals surface area contributed by atoms with Gasteiger partial charge in [-0.1, -0.05) is 133 Å². The third kappa shape index (κ3) is 3.64. The SMILES string of the molecule is c1ccc(-c2nc(-c3ccccc3)nc(-c3cc4c5ccccc5n5c6cccc7c8ccccc8n(c8cccc9ccc3c(c98)c45)c76)n2)cc1. The highest BCUT2D eigenvalue weighted by molar-refractivity contribution is 6.32. The van der Waals surface area contributed by atoms with Gasteiger partial charge in [0.25, 0.3) is 0 Å². The van der Waals surface area contributed by atoms with E-state index in [0.717, 1.165) is 22.1 Å². The van der Waals surface area contributed by atoms with Gasteiger partial charge in [0.05, 0.1) is 33.1 Å². The standard InChI is InChI=1S/C47H27N5/c1-3-13-29(14-4-1)45-48-46(30-15-5-2-6-16-30)50-47(49-45)36-27-35-32-19-8-10-22-38(32)52-40-24-12-20-34-31-18-7-9-21-37(31)51(43(34)40)39-23-11-17-28-25-26-33(36)42(41(28)39)44(35)52/h1-27H. The number of fused-ring (bicyclic) bond motifs is 8. The quantitative estimate of drug-likeness (QED) is 0.177. The van der Waals surface area contributed by atoms with Crippen LogP contribution in [0.25, 0.3) is 110 Å². The molecule has 0 aliphatic carbocycles. The van der Waals surface area contributed by atoms with Crippen molar-refractivity contribution in [1.82, 2.24) is 23.8 Å². The van der Waals surface area contributed by atoms with Crippen LogP contribution in [0, 0.1) is 0 Å². The molecule has 4 heterocycles. The lowest BCUT2D eigenvalue weighted by molar-refractivity contribution is 1.08. The summed E-state index contributed by atoms with van der Waals surface area (Å²) in [4.78, 5) is 15.5. The third-order valence-corrected chi connectivity index (χ3v) is 10.8. The Morgan fingerprint density at radius 3 is 1.58 bits per heavy atom. The second-order valence-electron chi connectivity index (χ2n) is 13.6. The van der Waals surface area contributed by atoms with Crippen molar-refractivity contribution in [2.24, 2.45) is 0 Å². The van der Waals surface area contributed by atoms with Crippen LogP contribution in [0.5, 0.6) is 0 Å². The Labute approximate surface area is 297 Å². The van der Waals surface area contributed by atoms with E-state index in [1.807, 2.05) is 36.4 Å². The molecule has 0 saturated heterocycles. The van der Waals surface area contributed by atoms with E-state index >= 15 is 0 Å². The minimum atomic E-state index is 0.651. The van der Waals surface area contributed by atoms with Crippen LogP contribution >= 0.6 is 0 Å². The Bertz CT molecular complexity index is 3340. The normalized spacial score (nSPS) is 12.2. The van der Waals surface area contributed by atoms with Crippen molar-refractivity contribution in [1.29, 1.82) is 0 Å². The molecule has 0 saturated carbocycles. The lowest BCUT2D eigenvalue weighted by Gasteiger charge is -2.16. The van der Waals surface area contributed by atoms with Gasteiger partial charge in [-0.3, -0.25) is 0 Å². The summed E-state index contributed by atoms with van der Waals surface area (Å²) >= 11 is 0. The molecule has 5 heteroatoms. The topological polar surface area (TPSA) is 47.5 Å². The molecule has 0 fully saturated rings. The Morgan fingerprint density at radius 2 is 0.865 bits per heavy atom. The van der Waals surface area contributed by atoms with E-state index in [4.69, 9.17) is 15.0 Å². The van der Waals surface area contributed by atoms with Crippen LogP contribution < -0.4 is 0 Å². The fourth-order valence-corrected chi connectivity index (χ4v) is 8.69. The largest absolute Gasteiger partial charge is 0.307 e. The van der Waals surface area contributed by atoms with Crippen LogP contribution in [0.3, 0.4) is 0 Å². The van der Waals surface area contributed by atoms with Gasteiger partial charge >= 0.3 is 0 Å². The molecule has 8 aromatic carbocycles. The molecule has 12 aromatic rings. The molecule has 0 spiro atoms. The average molecular weight is 662 g/mol. The van der Waals surface area contributed by atoms with Crippen LogP contribution in [0.15, 0.2) is 164 Å².